The van der Waals surface area contributed by atoms with Crippen LogP contribution in [0.25, 0.3) is 22.2 Å². The molecule has 0 aliphatic rings. The summed E-state index contributed by atoms with van der Waals surface area (Å²) in [5.41, 5.74) is 2.11. The molecule has 0 aliphatic heterocycles. The molecule has 0 radical (unpaired) electrons. The van der Waals surface area contributed by atoms with Crippen LogP contribution in [0.1, 0.15) is 0 Å². The van der Waals surface area contributed by atoms with E-state index in [0.29, 0.717) is 5.69 Å². The zero-order chi connectivity index (χ0) is 13.9. The molecule has 3 nitrogen and oxygen atoms in total. The first kappa shape index (κ1) is 12.2. The van der Waals surface area contributed by atoms with Crippen LogP contribution in [-0.4, -0.2) is 9.55 Å². The van der Waals surface area contributed by atoms with Crippen LogP contribution in [0.5, 0.6) is 0 Å². The Bertz CT molecular complexity index is 858. The number of terminal acetylenes is 1. The lowest BCUT2D eigenvalue weighted by atomic mass is 10.1. The molecule has 0 N–H and O–H groups in total. The molecule has 2 aromatic carbocycles. The predicted octanol–water partition coefficient (Wildman–Crippen LogP) is 2.70. The third kappa shape index (κ3) is 1.98. The van der Waals surface area contributed by atoms with Crippen LogP contribution >= 0.6 is 0 Å². The van der Waals surface area contributed by atoms with Crippen LogP contribution in [0.15, 0.2) is 59.4 Å². The molecule has 0 unspecified atom stereocenters. The maximum Gasteiger partial charge on any atom is 0.349 e. The molecular formula is C17H12N2O. The quantitative estimate of drug-likeness (QED) is 0.664. The summed E-state index contributed by atoms with van der Waals surface area (Å²) in [7, 11) is 0. The molecule has 20 heavy (non-hydrogen) atoms. The molecule has 3 rings (SSSR count). The van der Waals surface area contributed by atoms with Gasteiger partial charge < -0.3 is 0 Å². The van der Waals surface area contributed by atoms with E-state index in [1.54, 1.807) is 0 Å². The van der Waals surface area contributed by atoms with Gasteiger partial charge in [-0.2, -0.15) is 4.98 Å². The van der Waals surface area contributed by atoms with Crippen molar-refractivity contribution < 1.29 is 0 Å². The summed E-state index contributed by atoms with van der Waals surface area (Å²) in [6.45, 7) is 0.224. The highest BCUT2D eigenvalue weighted by atomic mass is 16.1. The maximum atomic E-state index is 12.2. The highest BCUT2D eigenvalue weighted by Gasteiger charge is 2.10. The van der Waals surface area contributed by atoms with E-state index < -0.39 is 0 Å². The average molecular weight is 260 g/mol. The van der Waals surface area contributed by atoms with Gasteiger partial charge in [-0.3, -0.25) is 4.57 Å². The van der Waals surface area contributed by atoms with Crippen molar-refractivity contribution in [1.82, 2.24) is 9.55 Å². The summed E-state index contributed by atoms with van der Waals surface area (Å²) in [5.74, 6) is 2.50. The van der Waals surface area contributed by atoms with Crippen LogP contribution in [0.2, 0.25) is 0 Å². The SMILES string of the molecule is C#CCn1c(=O)nc(-c2ccccc2)c2ccccc21. The zero-order valence-electron chi connectivity index (χ0n) is 10.8. The summed E-state index contributed by atoms with van der Waals surface area (Å²) in [5, 5.41) is 0.925. The van der Waals surface area contributed by atoms with E-state index in [9.17, 15) is 4.79 Å². The third-order valence-corrected chi connectivity index (χ3v) is 3.18. The summed E-state index contributed by atoms with van der Waals surface area (Å²) >= 11 is 0. The first-order valence-electron chi connectivity index (χ1n) is 6.30. The number of fused-ring (bicyclic) bond motifs is 1. The first-order valence-corrected chi connectivity index (χ1v) is 6.30. The van der Waals surface area contributed by atoms with Gasteiger partial charge in [0, 0.05) is 10.9 Å². The van der Waals surface area contributed by atoms with Crippen molar-refractivity contribution in [1.29, 1.82) is 0 Å². The second kappa shape index (κ2) is 5.02. The molecule has 3 aromatic rings. The molecule has 96 valence electrons. The minimum atomic E-state index is -0.319. The van der Waals surface area contributed by atoms with Crippen molar-refractivity contribution in [3.05, 3.63) is 65.1 Å². The number of aromatic nitrogens is 2. The Morgan fingerprint density at radius 1 is 1.05 bits per heavy atom. The highest BCUT2D eigenvalue weighted by molar-refractivity contribution is 5.92. The van der Waals surface area contributed by atoms with E-state index in [2.05, 4.69) is 10.9 Å². The number of hydrogen-bond donors (Lipinski definition) is 0. The molecular weight excluding hydrogens is 248 g/mol. The van der Waals surface area contributed by atoms with E-state index in [4.69, 9.17) is 6.42 Å². The summed E-state index contributed by atoms with van der Waals surface area (Å²) in [4.78, 5) is 16.4. The lowest BCUT2D eigenvalue weighted by molar-refractivity contribution is 0.798. The van der Waals surface area contributed by atoms with Gasteiger partial charge in [0.2, 0.25) is 0 Å². The van der Waals surface area contributed by atoms with Crippen LogP contribution in [-0.2, 0) is 6.54 Å². The van der Waals surface area contributed by atoms with E-state index in [1.165, 1.54) is 4.57 Å². The Morgan fingerprint density at radius 2 is 1.75 bits per heavy atom. The van der Waals surface area contributed by atoms with Gasteiger partial charge in [-0.15, -0.1) is 6.42 Å². The van der Waals surface area contributed by atoms with Crippen molar-refractivity contribution in [2.75, 3.05) is 0 Å². The van der Waals surface area contributed by atoms with Gasteiger partial charge in [0.05, 0.1) is 17.8 Å². The molecule has 0 amide bonds. The van der Waals surface area contributed by atoms with Crippen molar-refractivity contribution in [3.63, 3.8) is 0 Å². The van der Waals surface area contributed by atoms with Gasteiger partial charge in [-0.1, -0.05) is 54.5 Å². The van der Waals surface area contributed by atoms with Gasteiger partial charge in [0.15, 0.2) is 0 Å². The van der Waals surface area contributed by atoms with E-state index in [0.717, 1.165) is 16.5 Å². The number of benzene rings is 2. The summed E-state index contributed by atoms with van der Waals surface area (Å²) < 4.78 is 1.52. The van der Waals surface area contributed by atoms with Gasteiger partial charge in [0.25, 0.3) is 0 Å². The van der Waals surface area contributed by atoms with Crippen molar-refractivity contribution in [2.24, 2.45) is 0 Å². The standard InChI is InChI=1S/C17H12N2O/c1-2-12-19-15-11-7-6-10-14(15)16(18-17(19)20)13-8-4-3-5-9-13/h1,3-11H,12H2. The summed E-state index contributed by atoms with van der Waals surface area (Å²) in [6, 6.07) is 17.4. The molecule has 0 bridgehead atoms. The zero-order valence-corrected chi connectivity index (χ0v) is 10.8. The van der Waals surface area contributed by atoms with Gasteiger partial charge in [-0.05, 0) is 6.07 Å². The largest absolute Gasteiger partial charge is 0.349 e. The van der Waals surface area contributed by atoms with Gasteiger partial charge in [0.1, 0.15) is 0 Å². The fourth-order valence-electron chi connectivity index (χ4n) is 2.29. The Morgan fingerprint density at radius 3 is 2.50 bits per heavy atom. The minimum Gasteiger partial charge on any atom is -0.280 e. The Kier molecular flexibility index (Phi) is 3.06. The van der Waals surface area contributed by atoms with Crippen LogP contribution < -0.4 is 5.69 Å². The fourth-order valence-corrected chi connectivity index (χ4v) is 2.29. The first-order chi connectivity index (χ1) is 9.81. The second-order valence-electron chi connectivity index (χ2n) is 4.42. The number of nitrogens with zero attached hydrogens (tertiary/aromatic N) is 2. The smallest absolute Gasteiger partial charge is 0.280 e. The Hall–Kier alpha value is -2.86. The van der Waals surface area contributed by atoms with Crippen molar-refractivity contribution in [3.8, 4) is 23.6 Å². The second-order valence-corrected chi connectivity index (χ2v) is 4.42. The van der Waals surface area contributed by atoms with Crippen LogP contribution in [0.3, 0.4) is 0 Å². The van der Waals surface area contributed by atoms with Gasteiger partial charge in [-0.25, -0.2) is 4.79 Å². The molecule has 0 saturated heterocycles. The van der Waals surface area contributed by atoms with Gasteiger partial charge >= 0.3 is 5.69 Å². The molecule has 0 saturated carbocycles. The highest BCUT2D eigenvalue weighted by Crippen LogP contribution is 2.24. The number of para-hydroxylation sites is 1. The average Bonchev–Trinajstić information content (AvgIpc) is 2.51. The summed E-state index contributed by atoms with van der Waals surface area (Å²) in [6.07, 6.45) is 5.33. The van der Waals surface area contributed by atoms with Crippen molar-refractivity contribution >= 4 is 10.9 Å². The third-order valence-electron chi connectivity index (χ3n) is 3.18. The molecule has 0 atom stereocenters. The molecule has 0 fully saturated rings. The number of rotatable bonds is 2. The molecule has 0 spiro atoms. The Labute approximate surface area is 116 Å². The fraction of sp³-hybridized carbons (Fsp3) is 0.0588. The van der Waals surface area contributed by atoms with Crippen molar-refractivity contribution in [2.45, 2.75) is 6.54 Å². The molecule has 1 heterocycles. The van der Waals surface area contributed by atoms with E-state index in [1.807, 2.05) is 54.6 Å². The Balaban J connectivity index is 2.39. The minimum absolute atomic E-state index is 0.224. The van der Waals surface area contributed by atoms with Crippen LogP contribution in [0, 0.1) is 12.3 Å². The maximum absolute atomic E-state index is 12.2. The lowest BCUT2D eigenvalue weighted by Gasteiger charge is -2.10. The topological polar surface area (TPSA) is 34.9 Å². The predicted molar refractivity (Wildman–Crippen MR) is 80.3 cm³/mol. The van der Waals surface area contributed by atoms with E-state index >= 15 is 0 Å². The monoisotopic (exact) mass is 260 g/mol. The molecule has 1 aromatic heterocycles. The molecule has 0 aliphatic carbocycles. The molecule has 3 heteroatoms. The number of hydrogen-bond acceptors (Lipinski definition) is 2. The van der Waals surface area contributed by atoms with Crippen LogP contribution in [0.4, 0.5) is 0 Å². The van der Waals surface area contributed by atoms with E-state index in [-0.39, 0.29) is 12.2 Å². The lowest BCUT2D eigenvalue weighted by Crippen LogP contribution is -2.23. The normalized spacial score (nSPS) is 10.3.